The van der Waals surface area contributed by atoms with Gasteiger partial charge in [0, 0.05) is 17.1 Å². The minimum atomic E-state index is -3.75. The number of amidine groups is 1. The number of nitrogens with zero attached hydrogens (tertiary/aromatic N) is 2. The summed E-state index contributed by atoms with van der Waals surface area (Å²) in [5.41, 5.74) is 4.26. The lowest BCUT2D eigenvalue weighted by molar-refractivity contribution is -0.115. The molecule has 1 aromatic heterocycles. The fourth-order valence-corrected chi connectivity index (χ4v) is 4.99. The first kappa shape index (κ1) is 23.8. The molecule has 1 fully saturated rings. The van der Waals surface area contributed by atoms with Crippen molar-refractivity contribution >= 4 is 44.6 Å². The zero-order chi connectivity index (χ0) is 24.5. The molecule has 8 nitrogen and oxygen atoms in total. The second-order valence-electron chi connectivity index (χ2n) is 7.61. The van der Waals surface area contributed by atoms with Gasteiger partial charge in [-0.05, 0) is 98.8 Å². The van der Waals surface area contributed by atoms with Gasteiger partial charge in [-0.1, -0.05) is 0 Å². The summed E-state index contributed by atoms with van der Waals surface area (Å²) in [6, 6.07) is 15.7. The lowest BCUT2D eigenvalue weighted by atomic mass is 10.2. The molecule has 10 heteroatoms. The molecule has 2 aromatic carbocycles. The second kappa shape index (κ2) is 9.49. The van der Waals surface area contributed by atoms with E-state index in [1.807, 2.05) is 61.7 Å². The predicted molar refractivity (Wildman–Crippen MR) is 135 cm³/mol. The van der Waals surface area contributed by atoms with E-state index < -0.39 is 10.0 Å². The van der Waals surface area contributed by atoms with Crippen LogP contribution in [0.15, 0.2) is 69.4 Å². The van der Waals surface area contributed by atoms with Crippen LogP contribution in [0, 0.1) is 13.8 Å². The number of carbonyl (C=O) groups excluding carboxylic acids is 1. The molecule has 0 unspecified atom stereocenters. The van der Waals surface area contributed by atoms with Gasteiger partial charge >= 0.3 is 0 Å². The molecule has 3 aromatic rings. The van der Waals surface area contributed by atoms with Gasteiger partial charge in [-0.2, -0.15) is 0 Å². The van der Waals surface area contributed by atoms with E-state index in [0.717, 1.165) is 28.4 Å². The van der Waals surface area contributed by atoms with Crippen molar-refractivity contribution in [3.8, 4) is 11.4 Å². The van der Waals surface area contributed by atoms with Gasteiger partial charge in [-0.25, -0.2) is 18.5 Å². The lowest BCUT2D eigenvalue weighted by Crippen LogP contribution is -2.19. The number of sulfonamides is 1. The third-order valence-electron chi connectivity index (χ3n) is 5.21. The number of hydrogen-bond acceptors (Lipinski definition) is 6. The van der Waals surface area contributed by atoms with Crippen molar-refractivity contribution in [1.29, 1.82) is 0 Å². The minimum absolute atomic E-state index is 0.0550. The second-order valence-corrected chi connectivity index (χ2v) is 10.2. The Labute approximate surface area is 202 Å². The molecular formula is C24H24N4O4S2. The quantitative estimate of drug-likeness (QED) is 0.500. The number of carbonyl (C=O) groups is 1. The third kappa shape index (κ3) is 5.09. The largest absolute Gasteiger partial charge is 0.494 e. The number of aromatic nitrogens is 1. The molecule has 0 aliphatic carbocycles. The highest BCUT2D eigenvalue weighted by Gasteiger charge is 2.24. The van der Waals surface area contributed by atoms with Crippen LogP contribution in [-0.4, -0.2) is 30.7 Å². The van der Waals surface area contributed by atoms with Gasteiger partial charge in [-0.3, -0.25) is 4.79 Å². The Hall–Kier alpha value is -3.34. The van der Waals surface area contributed by atoms with Gasteiger partial charge in [-0.15, -0.1) is 0 Å². The number of ether oxygens (including phenoxy) is 1. The summed E-state index contributed by atoms with van der Waals surface area (Å²) in [6.07, 6.45) is 1.83. The monoisotopic (exact) mass is 496 g/mol. The third-order valence-corrected chi connectivity index (χ3v) is 7.05. The van der Waals surface area contributed by atoms with E-state index in [1.54, 1.807) is 12.1 Å². The van der Waals surface area contributed by atoms with Crippen LogP contribution in [0.3, 0.4) is 0 Å². The Morgan fingerprint density at radius 2 is 1.79 bits per heavy atom. The average molecular weight is 497 g/mol. The lowest BCUT2D eigenvalue weighted by Gasteiger charge is -2.10. The summed E-state index contributed by atoms with van der Waals surface area (Å²) in [6.45, 7) is 6.41. The van der Waals surface area contributed by atoms with E-state index in [9.17, 15) is 13.2 Å². The molecule has 1 saturated heterocycles. The van der Waals surface area contributed by atoms with Crippen LogP contribution < -0.4 is 15.2 Å². The van der Waals surface area contributed by atoms with E-state index in [0.29, 0.717) is 22.4 Å². The molecule has 176 valence electrons. The fraction of sp³-hybridized carbons (Fsp3) is 0.167. The molecule has 4 rings (SSSR count). The van der Waals surface area contributed by atoms with Crippen molar-refractivity contribution in [2.45, 2.75) is 25.7 Å². The number of aryl methyl sites for hydroxylation is 1. The van der Waals surface area contributed by atoms with E-state index >= 15 is 0 Å². The molecule has 0 radical (unpaired) electrons. The van der Waals surface area contributed by atoms with Crippen molar-refractivity contribution in [2.24, 2.45) is 10.1 Å². The Kier molecular flexibility index (Phi) is 6.65. The number of thioether (sulfide) groups is 1. The van der Waals surface area contributed by atoms with Gasteiger partial charge in [0.2, 0.25) is 10.0 Å². The minimum Gasteiger partial charge on any atom is -0.494 e. The molecule has 0 spiro atoms. The Morgan fingerprint density at radius 3 is 2.41 bits per heavy atom. The summed E-state index contributed by atoms with van der Waals surface area (Å²) < 4.78 is 30.5. The Balaban J connectivity index is 1.58. The summed E-state index contributed by atoms with van der Waals surface area (Å²) in [5, 5.41) is 8.51. The summed E-state index contributed by atoms with van der Waals surface area (Å²) in [5.74, 6) is 0.557. The molecule has 1 amide bonds. The molecule has 0 bridgehead atoms. The standard InChI is InChI=1S/C24H24N4O4S2/c1-4-32-20-9-5-18(6-10-20)26-24-27-23(29)22(33-24)14-17-13-15(2)28(16(17)3)19-7-11-21(12-8-19)34(25,30)31/h5-14H,4H2,1-3H3,(H2,25,30,31)(H,26,27,29). The van der Waals surface area contributed by atoms with E-state index in [-0.39, 0.29) is 10.8 Å². The first-order valence-corrected chi connectivity index (χ1v) is 12.9. The number of rotatable bonds is 6. The number of aliphatic imine (C=N–C) groups is 1. The van der Waals surface area contributed by atoms with E-state index in [1.165, 1.54) is 23.9 Å². The molecular weight excluding hydrogens is 472 g/mol. The highest BCUT2D eigenvalue weighted by atomic mass is 32.2. The summed E-state index contributed by atoms with van der Waals surface area (Å²) in [7, 11) is -3.75. The fourth-order valence-electron chi connectivity index (χ4n) is 3.64. The molecule has 0 atom stereocenters. The van der Waals surface area contributed by atoms with Gasteiger partial charge in [0.1, 0.15) is 5.75 Å². The highest BCUT2D eigenvalue weighted by molar-refractivity contribution is 8.18. The molecule has 1 aliphatic rings. The predicted octanol–water partition coefficient (Wildman–Crippen LogP) is 4.03. The van der Waals surface area contributed by atoms with E-state index in [4.69, 9.17) is 9.88 Å². The first-order valence-electron chi connectivity index (χ1n) is 10.5. The molecule has 1 aliphatic heterocycles. The van der Waals surface area contributed by atoms with Gasteiger partial charge < -0.3 is 14.6 Å². The normalized spacial score (nSPS) is 16.3. The number of hydrogen-bond donors (Lipinski definition) is 2. The van der Waals surface area contributed by atoms with Crippen molar-refractivity contribution in [2.75, 3.05) is 6.61 Å². The van der Waals surface area contributed by atoms with Crippen molar-refractivity contribution in [3.05, 3.63) is 76.5 Å². The van der Waals surface area contributed by atoms with Crippen LogP contribution >= 0.6 is 11.8 Å². The van der Waals surface area contributed by atoms with Crippen molar-refractivity contribution in [3.63, 3.8) is 0 Å². The highest BCUT2D eigenvalue weighted by Crippen LogP contribution is 2.31. The van der Waals surface area contributed by atoms with Crippen LogP contribution in [0.2, 0.25) is 0 Å². The summed E-state index contributed by atoms with van der Waals surface area (Å²) >= 11 is 1.28. The zero-order valence-corrected chi connectivity index (χ0v) is 20.5. The maximum atomic E-state index is 12.5. The van der Waals surface area contributed by atoms with Crippen molar-refractivity contribution < 1.29 is 17.9 Å². The number of benzene rings is 2. The Morgan fingerprint density at radius 1 is 1.12 bits per heavy atom. The molecule has 3 N–H and O–H groups in total. The van der Waals surface area contributed by atoms with Gasteiger partial charge in [0.05, 0.1) is 22.1 Å². The smallest absolute Gasteiger partial charge is 0.264 e. The maximum Gasteiger partial charge on any atom is 0.264 e. The topological polar surface area (TPSA) is 116 Å². The zero-order valence-electron chi connectivity index (χ0n) is 18.9. The summed E-state index contributed by atoms with van der Waals surface area (Å²) in [4.78, 5) is 17.6. The van der Waals surface area contributed by atoms with Crippen LogP contribution in [0.4, 0.5) is 5.69 Å². The SMILES string of the molecule is CCOc1ccc(N=C2NC(=O)C(=Cc3cc(C)n(-c4ccc(S(N)(=O)=O)cc4)c3C)S2)cc1. The molecule has 2 heterocycles. The average Bonchev–Trinajstić information content (AvgIpc) is 3.27. The van der Waals surface area contributed by atoms with Crippen LogP contribution in [0.1, 0.15) is 23.9 Å². The van der Waals surface area contributed by atoms with Crippen LogP contribution in [0.5, 0.6) is 5.75 Å². The maximum absolute atomic E-state index is 12.5. The number of amides is 1. The molecule has 34 heavy (non-hydrogen) atoms. The number of primary sulfonamides is 1. The first-order chi connectivity index (χ1) is 16.2. The van der Waals surface area contributed by atoms with Crippen LogP contribution in [-0.2, 0) is 14.8 Å². The van der Waals surface area contributed by atoms with Crippen molar-refractivity contribution in [1.82, 2.24) is 9.88 Å². The van der Waals surface area contributed by atoms with Gasteiger partial charge in [0.25, 0.3) is 5.91 Å². The van der Waals surface area contributed by atoms with E-state index in [2.05, 4.69) is 10.3 Å². The Bertz CT molecular complexity index is 1400. The number of nitrogens with two attached hydrogens (primary N) is 1. The van der Waals surface area contributed by atoms with Crippen LogP contribution in [0.25, 0.3) is 11.8 Å². The van der Waals surface area contributed by atoms with Gasteiger partial charge in [0.15, 0.2) is 5.17 Å². The number of nitrogens with one attached hydrogen (secondary N) is 1. The molecule has 0 saturated carbocycles.